The Labute approximate surface area is 118 Å². The van der Waals surface area contributed by atoms with E-state index in [1.54, 1.807) is 0 Å². The molecule has 0 bridgehead atoms. The Morgan fingerprint density at radius 3 is 2.60 bits per heavy atom. The van der Waals surface area contributed by atoms with Crippen LogP contribution in [0, 0.1) is 17.6 Å². The van der Waals surface area contributed by atoms with Crippen LogP contribution in [0.3, 0.4) is 0 Å². The Bertz CT molecular complexity index is 484. The van der Waals surface area contributed by atoms with Crippen LogP contribution in [0.15, 0.2) is 6.07 Å². The van der Waals surface area contributed by atoms with Crippen molar-refractivity contribution in [3.8, 4) is 0 Å². The van der Waals surface area contributed by atoms with Crippen LogP contribution >= 0.6 is 0 Å². The Hall–Kier alpha value is -1.39. The Balaban J connectivity index is 1.85. The number of halogens is 2. The maximum Gasteiger partial charge on any atom is 0.168 e. The van der Waals surface area contributed by atoms with Gasteiger partial charge in [-0.25, -0.2) is 13.8 Å². The molecule has 1 N–H and O–H groups in total. The van der Waals surface area contributed by atoms with Gasteiger partial charge in [0.25, 0.3) is 0 Å². The molecule has 1 heterocycles. The highest BCUT2D eigenvalue weighted by atomic mass is 19.1. The van der Waals surface area contributed by atoms with Crippen LogP contribution in [0.2, 0.25) is 0 Å². The zero-order chi connectivity index (χ0) is 14.1. The van der Waals surface area contributed by atoms with Gasteiger partial charge in [-0.05, 0) is 38.0 Å². The van der Waals surface area contributed by atoms with Crippen molar-refractivity contribution in [2.24, 2.45) is 5.92 Å². The highest BCUT2D eigenvalue weighted by molar-refractivity contribution is 5.51. The van der Waals surface area contributed by atoms with E-state index < -0.39 is 11.6 Å². The molecule has 0 unspecified atom stereocenters. The minimum atomic E-state index is -0.609. The monoisotopic (exact) mass is 281 g/mol. The lowest BCUT2D eigenvalue weighted by atomic mass is 10.3. The Morgan fingerprint density at radius 1 is 1.25 bits per heavy atom. The van der Waals surface area contributed by atoms with Gasteiger partial charge in [-0.3, -0.25) is 0 Å². The SMILES string of the molecule is CCCNc1nc(N(CC2CC2)C2CC2)c(F)cc1F. The third-order valence-corrected chi connectivity index (χ3v) is 3.86. The lowest BCUT2D eigenvalue weighted by Crippen LogP contribution is -2.30. The normalized spacial score (nSPS) is 18.1. The standard InChI is InChI=1S/C15H21F2N3/c1-2-7-18-14-12(16)8-13(17)15(19-14)20(11-5-6-11)9-10-3-4-10/h8,10-11H,2-7,9H2,1H3,(H,18,19). The van der Waals surface area contributed by atoms with E-state index in [0.717, 1.165) is 31.9 Å². The molecule has 0 aromatic carbocycles. The van der Waals surface area contributed by atoms with Crippen LogP contribution in [0.5, 0.6) is 0 Å². The van der Waals surface area contributed by atoms with Gasteiger partial charge in [0.2, 0.25) is 0 Å². The lowest BCUT2D eigenvalue weighted by molar-refractivity contribution is 0.564. The molecule has 0 spiro atoms. The predicted molar refractivity (Wildman–Crippen MR) is 76.0 cm³/mol. The summed E-state index contributed by atoms with van der Waals surface area (Å²) >= 11 is 0. The zero-order valence-electron chi connectivity index (χ0n) is 11.8. The summed E-state index contributed by atoms with van der Waals surface area (Å²) in [6.45, 7) is 3.49. The molecule has 0 atom stereocenters. The number of nitrogens with one attached hydrogen (secondary N) is 1. The maximum atomic E-state index is 14.1. The van der Waals surface area contributed by atoms with E-state index in [0.29, 0.717) is 24.3 Å². The molecule has 2 fully saturated rings. The zero-order valence-corrected chi connectivity index (χ0v) is 11.8. The van der Waals surface area contributed by atoms with Gasteiger partial charge in [0.1, 0.15) is 0 Å². The van der Waals surface area contributed by atoms with Crippen LogP contribution in [0.4, 0.5) is 20.4 Å². The molecule has 20 heavy (non-hydrogen) atoms. The summed E-state index contributed by atoms with van der Waals surface area (Å²) < 4.78 is 27.8. The summed E-state index contributed by atoms with van der Waals surface area (Å²) in [6.07, 6.45) is 5.48. The molecule has 0 aliphatic heterocycles. The fourth-order valence-corrected chi connectivity index (χ4v) is 2.40. The van der Waals surface area contributed by atoms with E-state index in [1.807, 2.05) is 11.8 Å². The molecule has 5 heteroatoms. The first-order valence-electron chi connectivity index (χ1n) is 7.55. The second kappa shape index (κ2) is 5.54. The van der Waals surface area contributed by atoms with Crippen molar-refractivity contribution in [3.63, 3.8) is 0 Å². The van der Waals surface area contributed by atoms with Gasteiger partial charge < -0.3 is 10.2 Å². The van der Waals surface area contributed by atoms with Crippen molar-refractivity contribution < 1.29 is 8.78 Å². The predicted octanol–water partition coefficient (Wildman–Crippen LogP) is 3.56. The van der Waals surface area contributed by atoms with E-state index in [2.05, 4.69) is 10.3 Å². The fraction of sp³-hybridized carbons (Fsp3) is 0.667. The molecule has 0 radical (unpaired) electrons. The molecule has 110 valence electrons. The summed E-state index contributed by atoms with van der Waals surface area (Å²) in [7, 11) is 0. The topological polar surface area (TPSA) is 28.2 Å². The number of rotatable bonds is 7. The average Bonchev–Trinajstić information content (AvgIpc) is 3.27. The molecule has 1 aromatic rings. The third kappa shape index (κ3) is 3.02. The fourth-order valence-electron chi connectivity index (χ4n) is 2.40. The maximum absolute atomic E-state index is 14.1. The Morgan fingerprint density at radius 2 is 2.00 bits per heavy atom. The quantitative estimate of drug-likeness (QED) is 0.828. The van der Waals surface area contributed by atoms with Crippen molar-refractivity contribution in [2.45, 2.75) is 45.1 Å². The molecule has 2 saturated carbocycles. The molecular formula is C15H21F2N3. The van der Waals surface area contributed by atoms with Gasteiger partial charge >= 0.3 is 0 Å². The van der Waals surface area contributed by atoms with Gasteiger partial charge in [0.15, 0.2) is 23.3 Å². The van der Waals surface area contributed by atoms with Crippen molar-refractivity contribution >= 4 is 11.6 Å². The first-order chi connectivity index (χ1) is 9.69. The highest BCUT2D eigenvalue weighted by Crippen LogP contribution is 2.38. The second-order valence-corrected chi connectivity index (χ2v) is 5.88. The molecule has 3 rings (SSSR count). The van der Waals surface area contributed by atoms with Crippen molar-refractivity contribution in [1.29, 1.82) is 0 Å². The summed E-state index contributed by atoms with van der Waals surface area (Å²) in [5.41, 5.74) is 0. The van der Waals surface area contributed by atoms with Gasteiger partial charge in [-0.1, -0.05) is 6.92 Å². The highest BCUT2D eigenvalue weighted by Gasteiger charge is 2.36. The van der Waals surface area contributed by atoms with Crippen molar-refractivity contribution in [2.75, 3.05) is 23.3 Å². The van der Waals surface area contributed by atoms with Crippen molar-refractivity contribution in [3.05, 3.63) is 17.7 Å². The molecule has 0 amide bonds. The number of nitrogens with zero attached hydrogens (tertiary/aromatic N) is 2. The molecule has 2 aliphatic rings. The molecule has 1 aromatic heterocycles. The Kier molecular flexibility index (Phi) is 3.76. The number of pyridine rings is 1. The van der Waals surface area contributed by atoms with E-state index in [9.17, 15) is 8.78 Å². The summed E-state index contributed by atoms with van der Waals surface area (Å²) in [5.74, 6) is -0.00280. The summed E-state index contributed by atoms with van der Waals surface area (Å²) in [6, 6.07) is 1.35. The van der Waals surface area contributed by atoms with E-state index in [1.165, 1.54) is 12.8 Å². The smallest absolute Gasteiger partial charge is 0.168 e. The number of aromatic nitrogens is 1. The van der Waals surface area contributed by atoms with Gasteiger partial charge in [0, 0.05) is 25.2 Å². The van der Waals surface area contributed by atoms with E-state index in [-0.39, 0.29) is 5.82 Å². The number of hydrogen-bond donors (Lipinski definition) is 1. The molecule has 2 aliphatic carbocycles. The second-order valence-electron chi connectivity index (χ2n) is 5.88. The number of anilines is 2. The number of hydrogen-bond acceptors (Lipinski definition) is 3. The van der Waals surface area contributed by atoms with Crippen molar-refractivity contribution in [1.82, 2.24) is 4.98 Å². The van der Waals surface area contributed by atoms with Crippen LogP contribution in [-0.2, 0) is 0 Å². The summed E-state index contributed by atoms with van der Waals surface area (Å²) in [4.78, 5) is 6.26. The van der Waals surface area contributed by atoms with Gasteiger partial charge in [-0.2, -0.15) is 0 Å². The molecule has 3 nitrogen and oxygen atoms in total. The summed E-state index contributed by atoms with van der Waals surface area (Å²) in [5, 5.41) is 2.93. The largest absolute Gasteiger partial charge is 0.368 e. The van der Waals surface area contributed by atoms with E-state index in [4.69, 9.17) is 0 Å². The first kappa shape index (κ1) is 13.6. The molecule has 0 saturated heterocycles. The van der Waals surface area contributed by atoms with Crippen LogP contribution in [-0.4, -0.2) is 24.1 Å². The van der Waals surface area contributed by atoms with Crippen LogP contribution < -0.4 is 10.2 Å². The van der Waals surface area contributed by atoms with Gasteiger partial charge in [-0.15, -0.1) is 0 Å². The average molecular weight is 281 g/mol. The van der Waals surface area contributed by atoms with Crippen LogP contribution in [0.1, 0.15) is 39.0 Å². The molecular weight excluding hydrogens is 260 g/mol. The van der Waals surface area contributed by atoms with E-state index >= 15 is 0 Å². The minimum absolute atomic E-state index is 0.171. The third-order valence-electron chi connectivity index (χ3n) is 3.86. The van der Waals surface area contributed by atoms with Gasteiger partial charge in [0.05, 0.1) is 0 Å². The lowest BCUT2D eigenvalue weighted by Gasteiger charge is -2.24. The first-order valence-corrected chi connectivity index (χ1v) is 7.55. The van der Waals surface area contributed by atoms with Crippen LogP contribution in [0.25, 0.3) is 0 Å². The minimum Gasteiger partial charge on any atom is -0.368 e.